The highest BCUT2D eigenvalue weighted by molar-refractivity contribution is 7.89. The van der Waals surface area contributed by atoms with Gasteiger partial charge in [-0.2, -0.15) is 5.10 Å². The fourth-order valence-electron chi connectivity index (χ4n) is 1.92. The predicted molar refractivity (Wildman–Crippen MR) is 77.5 cm³/mol. The fourth-order valence-corrected chi connectivity index (χ4v) is 2.56. The van der Waals surface area contributed by atoms with Gasteiger partial charge in [-0.25, -0.2) is 13.6 Å². The molecule has 1 heterocycles. The Labute approximate surface area is 117 Å². The Morgan fingerprint density at radius 2 is 2.20 bits per heavy atom. The molecule has 1 aromatic heterocycles. The molecule has 0 bridgehead atoms. The number of aromatic nitrogens is 2. The van der Waals surface area contributed by atoms with Crippen LogP contribution < -0.4 is 16.2 Å². The van der Waals surface area contributed by atoms with E-state index >= 15 is 0 Å². The van der Waals surface area contributed by atoms with Gasteiger partial charge in [0.05, 0.1) is 12.2 Å². The van der Waals surface area contributed by atoms with Crippen LogP contribution in [0.1, 0.15) is 6.92 Å². The van der Waals surface area contributed by atoms with E-state index in [1.54, 1.807) is 23.0 Å². The van der Waals surface area contributed by atoms with E-state index in [-0.39, 0.29) is 16.6 Å². The molecule has 0 spiro atoms. The number of hydrogen-bond acceptors (Lipinski definition) is 5. The lowest BCUT2D eigenvalue weighted by molar-refractivity contribution is 0.561. The largest absolute Gasteiger partial charge is 0.398 e. The van der Waals surface area contributed by atoms with Crippen LogP contribution in [0.2, 0.25) is 0 Å². The van der Waals surface area contributed by atoms with Gasteiger partial charge in [0.25, 0.3) is 0 Å². The van der Waals surface area contributed by atoms with Gasteiger partial charge in [-0.05, 0) is 31.2 Å². The number of nitrogens with zero attached hydrogens (tertiary/aromatic N) is 2. The first-order valence-corrected chi connectivity index (χ1v) is 7.57. The quantitative estimate of drug-likeness (QED) is 0.699. The second kappa shape index (κ2) is 5.51. The van der Waals surface area contributed by atoms with Crippen molar-refractivity contribution in [2.75, 3.05) is 11.1 Å². The van der Waals surface area contributed by atoms with Crippen LogP contribution in [0.15, 0.2) is 41.6 Å². The van der Waals surface area contributed by atoms with Gasteiger partial charge in [0.15, 0.2) is 0 Å². The monoisotopic (exact) mass is 295 g/mol. The molecule has 20 heavy (non-hydrogen) atoms. The molecule has 8 heteroatoms. The number of nitrogens with one attached hydrogen (secondary N) is 1. The SMILES string of the molecule is CC(Cn1cccn1)Nc1ccc(S(N)(=O)=O)c(N)c1. The minimum atomic E-state index is -3.79. The summed E-state index contributed by atoms with van der Waals surface area (Å²) in [6.07, 6.45) is 3.59. The third-order valence-electron chi connectivity index (χ3n) is 2.75. The van der Waals surface area contributed by atoms with E-state index in [4.69, 9.17) is 10.9 Å². The van der Waals surface area contributed by atoms with Crippen molar-refractivity contribution in [3.05, 3.63) is 36.7 Å². The van der Waals surface area contributed by atoms with Crippen molar-refractivity contribution < 1.29 is 8.42 Å². The Hall–Kier alpha value is -2.06. The molecule has 0 radical (unpaired) electrons. The molecule has 0 saturated carbocycles. The maximum atomic E-state index is 11.3. The molecule has 2 aromatic rings. The molecular weight excluding hydrogens is 278 g/mol. The molecule has 0 saturated heterocycles. The van der Waals surface area contributed by atoms with Crippen molar-refractivity contribution in [3.63, 3.8) is 0 Å². The van der Waals surface area contributed by atoms with Crippen molar-refractivity contribution in [3.8, 4) is 0 Å². The highest BCUT2D eigenvalue weighted by atomic mass is 32.2. The molecule has 1 unspecified atom stereocenters. The summed E-state index contributed by atoms with van der Waals surface area (Å²) < 4.78 is 24.3. The molecule has 0 fully saturated rings. The normalized spacial score (nSPS) is 13.1. The molecule has 7 nitrogen and oxygen atoms in total. The van der Waals surface area contributed by atoms with Crippen LogP contribution in [-0.2, 0) is 16.6 Å². The van der Waals surface area contributed by atoms with E-state index in [0.717, 1.165) is 5.69 Å². The number of primary sulfonamides is 1. The van der Waals surface area contributed by atoms with Crippen LogP contribution in [0.3, 0.4) is 0 Å². The van der Waals surface area contributed by atoms with E-state index < -0.39 is 10.0 Å². The topological polar surface area (TPSA) is 116 Å². The predicted octanol–water partition coefficient (Wildman–Crippen LogP) is 0.613. The van der Waals surface area contributed by atoms with Crippen LogP contribution in [-0.4, -0.2) is 24.2 Å². The van der Waals surface area contributed by atoms with Crippen LogP contribution in [0.5, 0.6) is 0 Å². The van der Waals surface area contributed by atoms with E-state index in [2.05, 4.69) is 10.4 Å². The van der Waals surface area contributed by atoms with Crippen molar-refractivity contribution in [1.29, 1.82) is 0 Å². The number of hydrogen-bond donors (Lipinski definition) is 3. The van der Waals surface area contributed by atoms with Gasteiger partial charge in [-0.3, -0.25) is 4.68 Å². The number of sulfonamides is 1. The van der Waals surface area contributed by atoms with Crippen molar-refractivity contribution >= 4 is 21.4 Å². The van der Waals surface area contributed by atoms with Gasteiger partial charge in [0, 0.05) is 24.1 Å². The Bertz CT molecular complexity index is 682. The summed E-state index contributed by atoms with van der Waals surface area (Å²) in [7, 11) is -3.79. The Balaban J connectivity index is 2.09. The summed E-state index contributed by atoms with van der Waals surface area (Å²) in [4.78, 5) is -0.0669. The fraction of sp³-hybridized carbons (Fsp3) is 0.250. The molecule has 1 atom stereocenters. The molecule has 0 amide bonds. The van der Waals surface area contributed by atoms with E-state index in [0.29, 0.717) is 6.54 Å². The average Bonchev–Trinajstić information content (AvgIpc) is 2.79. The molecule has 5 N–H and O–H groups in total. The number of nitrogen functional groups attached to an aromatic ring is 1. The summed E-state index contributed by atoms with van der Waals surface area (Å²) in [5.41, 5.74) is 6.56. The average molecular weight is 295 g/mol. The molecule has 2 rings (SSSR count). The van der Waals surface area contributed by atoms with Crippen LogP contribution in [0.25, 0.3) is 0 Å². The zero-order chi connectivity index (χ0) is 14.8. The Kier molecular flexibility index (Phi) is 3.96. The number of rotatable bonds is 5. The first kappa shape index (κ1) is 14.4. The zero-order valence-corrected chi connectivity index (χ0v) is 11.8. The number of benzene rings is 1. The van der Waals surface area contributed by atoms with Gasteiger partial charge in [0.2, 0.25) is 10.0 Å². The molecule has 1 aromatic carbocycles. The highest BCUT2D eigenvalue weighted by Crippen LogP contribution is 2.21. The minimum absolute atomic E-state index is 0.0669. The maximum Gasteiger partial charge on any atom is 0.240 e. The van der Waals surface area contributed by atoms with Gasteiger partial charge in [-0.1, -0.05) is 0 Å². The van der Waals surface area contributed by atoms with Crippen LogP contribution in [0.4, 0.5) is 11.4 Å². The lowest BCUT2D eigenvalue weighted by atomic mass is 10.2. The van der Waals surface area contributed by atoms with Gasteiger partial charge in [-0.15, -0.1) is 0 Å². The number of nitrogens with two attached hydrogens (primary N) is 2. The second-order valence-electron chi connectivity index (χ2n) is 4.57. The van der Waals surface area contributed by atoms with Crippen molar-refractivity contribution in [2.24, 2.45) is 5.14 Å². The Morgan fingerprint density at radius 3 is 2.75 bits per heavy atom. The van der Waals surface area contributed by atoms with Crippen LogP contribution >= 0.6 is 0 Å². The molecule has 108 valence electrons. The first-order valence-electron chi connectivity index (χ1n) is 6.02. The number of anilines is 2. The molecule has 0 aliphatic carbocycles. The summed E-state index contributed by atoms with van der Waals surface area (Å²) >= 11 is 0. The maximum absolute atomic E-state index is 11.3. The van der Waals surface area contributed by atoms with Crippen molar-refractivity contribution in [1.82, 2.24) is 9.78 Å². The van der Waals surface area contributed by atoms with Gasteiger partial charge < -0.3 is 11.1 Å². The van der Waals surface area contributed by atoms with E-state index in [1.165, 1.54) is 6.07 Å². The smallest absolute Gasteiger partial charge is 0.240 e. The third kappa shape index (κ3) is 3.49. The summed E-state index contributed by atoms with van der Waals surface area (Å²) in [6.45, 7) is 2.68. The zero-order valence-electron chi connectivity index (χ0n) is 11.0. The van der Waals surface area contributed by atoms with E-state index in [1.807, 2.05) is 19.2 Å². The van der Waals surface area contributed by atoms with Gasteiger partial charge >= 0.3 is 0 Å². The van der Waals surface area contributed by atoms with E-state index in [9.17, 15) is 8.42 Å². The standard InChI is InChI=1S/C12H17N5O2S/c1-9(8-17-6-2-5-15-17)16-10-3-4-12(11(13)7-10)20(14,18)19/h2-7,9,16H,8,13H2,1H3,(H2,14,18,19). The highest BCUT2D eigenvalue weighted by Gasteiger charge is 2.13. The van der Waals surface area contributed by atoms with Crippen LogP contribution in [0, 0.1) is 0 Å². The minimum Gasteiger partial charge on any atom is -0.398 e. The summed E-state index contributed by atoms with van der Waals surface area (Å²) in [6, 6.07) is 6.54. The molecule has 0 aliphatic heterocycles. The lowest BCUT2D eigenvalue weighted by Gasteiger charge is -2.16. The molecular formula is C12H17N5O2S. The summed E-state index contributed by atoms with van der Waals surface area (Å²) in [5.74, 6) is 0. The lowest BCUT2D eigenvalue weighted by Crippen LogP contribution is -2.22. The Morgan fingerprint density at radius 1 is 1.45 bits per heavy atom. The summed E-state index contributed by atoms with van der Waals surface area (Å²) in [5, 5.41) is 12.4. The first-order chi connectivity index (χ1) is 9.36. The van der Waals surface area contributed by atoms with Crippen molar-refractivity contribution in [2.45, 2.75) is 24.4 Å². The third-order valence-corrected chi connectivity index (χ3v) is 3.73. The van der Waals surface area contributed by atoms with Gasteiger partial charge in [0.1, 0.15) is 4.90 Å². The second-order valence-corrected chi connectivity index (χ2v) is 6.10. The molecule has 0 aliphatic rings.